The Hall–Kier alpha value is -1.59. The molecule has 0 saturated carbocycles. The molecule has 0 saturated heterocycles. The van der Waals surface area contributed by atoms with Crippen molar-refractivity contribution in [2.24, 2.45) is 0 Å². The summed E-state index contributed by atoms with van der Waals surface area (Å²) in [6.07, 6.45) is 1.10. The lowest BCUT2D eigenvalue weighted by molar-refractivity contribution is 0.951. The van der Waals surface area contributed by atoms with Gasteiger partial charge in [-0.05, 0) is 22.8 Å². The molecule has 3 rings (SSSR count). The molecule has 1 aromatic heterocycles. The van der Waals surface area contributed by atoms with E-state index in [0.717, 1.165) is 28.2 Å². The molecule has 108 valence electrons. The van der Waals surface area contributed by atoms with Crippen molar-refractivity contribution in [2.45, 2.75) is 23.4 Å². The highest BCUT2D eigenvalue weighted by molar-refractivity contribution is 8.00. The molecule has 0 unspecified atom stereocenters. The second-order valence-electron chi connectivity index (χ2n) is 4.73. The van der Waals surface area contributed by atoms with Gasteiger partial charge in [-0.15, -0.1) is 10.2 Å². The van der Waals surface area contributed by atoms with Crippen LogP contribution in [0.4, 0.5) is 5.13 Å². The van der Waals surface area contributed by atoms with Crippen molar-refractivity contribution < 1.29 is 0 Å². The number of thioether (sulfide) groups is 1. The van der Waals surface area contributed by atoms with Crippen LogP contribution in [0.15, 0.2) is 46.8 Å². The molecule has 3 aromatic rings. The van der Waals surface area contributed by atoms with Gasteiger partial charge >= 0.3 is 0 Å². The lowest BCUT2D eigenvalue weighted by atomic mass is 10.1. The number of nitrogens with zero attached hydrogens (tertiary/aromatic N) is 2. The molecule has 1 heterocycles. The highest BCUT2D eigenvalue weighted by Crippen LogP contribution is 2.30. The summed E-state index contributed by atoms with van der Waals surface area (Å²) in [6.45, 7) is 3.09. The predicted octanol–water partition coefficient (Wildman–Crippen LogP) is 4.81. The number of nitrogens with one attached hydrogen (secondary N) is 1. The first kappa shape index (κ1) is 14.4. The quantitative estimate of drug-likeness (QED) is 0.663. The van der Waals surface area contributed by atoms with Gasteiger partial charge in [-0.2, -0.15) is 0 Å². The minimum absolute atomic E-state index is 0.914. The van der Waals surface area contributed by atoms with E-state index in [4.69, 9.17) is 0 Å². The molecule has 0 atom stereocenters. The Morgan fingerprint density at radius 1 is 1.10 bits per heavy atom. The van der Waals surface area contributed by atoms with Crippen LogP contribution in [0, 0.1) is 0 Å². The molecule has 2 aromatic carbocycles. The van der Waals surface area contributed by atoms with E-state index in [0.29, 0.717) is 0 Å². The molecule has 3 nitrogen and oxygen atoms in total. The topological polar surface area (TPSA) is 37.8 Å². The Morgan fingerprint density at radius 3 is 2.86 bits per heavy atom. The van der Waals surface area contributed by atoms with Crippen LogP contribution in [0.2, 0.25) is 0 Å². The molecule has 0 amide bonds. The van der Waals surface area contributed by atoms with E-state index in [9.17, 15) is 0 Å². The maximum Gasteiger partial charge on any atom is 0.206 e. The van der Waals surface area contributed by atoms with E-state index in [1.807, 2.05) is 0 Å². The molecule has 0 bridgehead atoms. The molecule has 0 aliphatic rings. The molecular weight excluding hydrogens is 298 g/mol. The van der Waals surface area contributed by atoms with E-state index < -0.39 is 0 Å². The third-order valence-electron chi connectivity index (χ3n) is 3.16. The smallest absolute Gasteiger partial charge is 0.206 e. The lowest BCUT2D eigenvalue weighted by Crippen LogP contribution is -1.98. The van der Waals surface area contributed by atoms with Crippen molar-refractivity contribution in [3.8, 4) is 0 Å². The number of fused-ring (bicyclic) bond motifs is 1. The monoisotopic (exact) mass is 315 g/mol. The summed E-state index contributed by atoms with van der Waals surface area (Å²) in [4.78, 5) is 0. The van der Waals surface area contributed by atoms with Gasteiger partial charge in [0.25, 0.3) is 0 Å². The minimum atomic E-state index is 0.914. The third kappa shape index (κ3) is 3.54. The van der Waals surface area contributed by atoms with E-state index in [1.54, 1.807) is 23.1 Å². The summed E-state index contributed by atoms with van der Waals surface area (Å²) in [7, 11) is 0. The molecule has 5 heteroatoms. The van der Waals surface area contributed by atoms with Gasteiger partial charge in [-0.25, -0.2) is 0 Å². The number of rotatable bonds is 6. The van der Waals surface area contributed by atoms with E-state index in [-0.39, 0.29) is 0 Å². The highest BCUT2D eigenvalue weighted by atomic mass is 32.2. The van der Waals surface area contributed by atoms with Crippen molar-refractivity contribution in [3.05, 3.63) is 48.0 Å². The maximum atomic E-state index is 4.23. The second-order valence-corrected chi connectivity index (χ2v) is 6.93. The van der Waals surface area contributed by atoms with E-state index >= 15 is 0 Å². The summed E-state index contributed by atoms with van der Waals surface area (Å²) in [5.74, 6) is 0.920. The van der Waals surface area contributed by atoms with Gasteiger partial charge in [0.2, 0.25) is 5.13 Å². The molecule has 0 aliphatic carbocycles. The van der Waals surface area contributed by atoms with Crippen LogP contribution in [0.25, 0.3) is 10.8 Å². The van der Waals surface area contributed by atoms with Gasteiger partial charge in [0.15, 0.2) is 4.34 Å². The SMILES string of the molecule is CCCNc1nnc(SCc2cccc3ccccc23)s1. The normalized spacial score (nSPS) is 10.9. The fraction of sp³-hybridized carbons (Fsp3) is 0.250. The van der Waals surface area contributed by atoms with Crippen LogP contribution >= 0.6 is 23.1 Å². The molecule has 0 fully saturated rings. The standard InChI is InChI=1S/C16H17N3S2/c1-2-10-17-15-18-19-16(21-15)20-11-13-8-5-7-12-6-3-4-9-14(12)13/h3-9H,2,10-11H2,1H3,(H,17,18). The minimum Gasteiger partial charge on any atom is -0.360 e. The van der Waals surface area contributed by atoms with Crippen LogP contribution < -0.4 is 5.32 Å². The van der Waals surface area contributed by atoms with Gasteiger partial charge < -0.3 is 5.32 Å². The van der Waals surface area contributed by atoms with Crippen LogP contribution in [-0.4, -0.2) is 16.7 Å². The third-order valence-corrected chi connectivity index (χ3v) is 5.23. The van der Waals surface area contributed by atoms with Crippen molar-refractivity contribution in [2.75, 3.05) is 11.9 Å². The Labute approximate surface area is 132 Å². The fourth-order valence-corrected chi connectivity index (χ4v) is 3.91. The zero-order valence-corrected chi connectivity index (χ0v) is 13.5. The Bertz CT molecular complexity index is 719. The first-order chi connectivity index (χ1) is 10.4. The van der Waals surface area contributed by atoms with E-state index in [2.05, 4.69) is 64.9 Å². The van der Waals surface area contributed by atoms with Crippen LogP contribution in [0.5, 0.6) is 0 Å². The predicted molar refractivity (Wildman–Crippen MR) is 92.2 cm³/mol. The molecule has 1 N–H and O–H groups in total. The highest BCUT2D eigenvalue weighted by Gasteiger charge is 2.06. The number of hydrogen-bond donors (Lipinski definition) is 1. The number of hydrogen-bond acceptors (Lipinski definition) is 5. The zero-order valence-electron chi connectivity index (χ0n) is 11.9. The van der Waals surface area contributed by atoms with Crippen molar-refractivity contribution >= 4 is 39.0 Å². The Balaban J connectivity index is 1.70. The summed E-state index contributed by atoms with van der Waals surface area (Å²) < 4.78 is 1.02. The number of aromatic nitrogens is 2. The average molecular weight is 315 g/mol. The van der Waals surface area contributed by atoms with Gasteiger partial charge in [0, 0.05) is 12.3 Å². The lowest BCUT2D eigenvalue weighted by Gasteiger charge is -2.04. The Morgan fingerprint density at radius 2 is 1.95 bits per heavy atom. The van der Waals surface area contributed by atoms with Gasteiger partial charge in [-0.1, -0.05) is 72.5 Å². The summed E-state index contributed by atoms with van der Waals surface area (Å²) in [6, 6.07) is 15.0. The van der Waals surface area contributed by atoms with Crippen LogP contribution in [0.1, 0.15) is 18.9 Å². The summed E-state index contributed by atoms with van der Waals surface area (Å²) in [5, 5.41) is 15.2. The second kappa shape index (κ2) is 6.91. The largest absolute Gasteiger partial charge is 0.360 e. The molecule has 0 aliphatic heterocycles. The maximum absolute atomic E-state index is 4.23. The molecule has 21 heavy (non-hydrogen) atoms. The van der Waals surface area contributed by atoms with Crippen molar-refractivity contribution in [1.29, 1.82) is 0 Å². The fourth-order valence-electron chi connectivity index (χ4n) is 2.13. The Kier molecular flexibility index (Phi) is 4.72. The molecular formula is C16H17N3S2. The first-order valence-electron chi connectivity index (χ1n) is 7.03. The zero-order chi connectivity index (χ0) is 14.5. The molecule has 0 radical (unpaired) electrons. The van der Waals surface area contributed by atoms with Crippen molar-refractivity contribution in [1.82, 2.24) is 10.2 Å². The van der Waals surface area contributed by atoms with Gasteiger partial charge in [0.1, 0.15) is 0 Å². The first-order valence-corrected chi connectivity index (χ1v) is 8.84. The van der Waals surface area contributed by atoms with E-state index in [1.165, 1.54) is 16.3 Å². The van der Waals surface area contributed by atoms with Crippen LogP contribution in [0.3, 0.4) is 0 Å². The molecule has 0 spiro atoms. The average Bonchev–Trinajstić information content (AvgIpc) is 2.99. The van der Waals surface area contributed by atoms with Gasteiger partial charge in [0.05, 0.1) is 0 Å². The number of anilines is 1. The van der Waals surface area contributed by atoms with Gasteiger partial charge in [-0.3, -0.25) is 0 Å². The van der Waals surface area contributed by atoms with Crippen molar-refractivity contribution in [3.63, 3.8) is 0 Å². The summed E-state index contributed by atoms with van der Waals surface area (Å²) >= 11 is 3.37. The number of benzene rings is 2. The summed E-state index contributed by atoms with van der Waals surface area (Å²) in [5.41, 5.74) is 1.34. The van der Waals surface area contributed by atoms with Crippen LogP contribution in [-0.2, 0) is 5.75 Å².